The van der Waals surface area contributed by atoms with Gasteiger partial charge < -0.3 is 10.0 Å². The highest BCUT2D eigenvalue weighted by Gasteiger charge is 2.05. The number of phenolic OH excluding ortho intramolecular Hbond substituents is 1. The Balaban J connectivity index is 1.86. The molecule has 0 aliphatic carbocycles. The zero-order valence-corrected chi connectivity index (χ0v) is 14.4. The van der Waals surface area contributed by atoms with Gasteiger partial charge in [0.15, 0.2) is 0 Å². The third-order valence-electron chi connectivity index (χ3n) is 4.00. The molecule has 5 nitrogen and oxygen atoms in total. The van der Waals surface area contributed by atoms with Gasteiger partial charge in [-0.25, -0.2) is 4.68 Å². The molecule has 0 unspecified atom stereocenters. The maximum atomic E-state index is 12.5. The van der Waals surface area contributed by atoms with E-state index in [1.807, 2.05) is 61.5 Å². The summed E-state index contributed by atoms with van der Waals surface area (Å²) in [6, 6.07) is 12.7. The normalized spacial score (nSPS) is 11.6. The van der Waals surface area contributed by atoms with Crippen LogP contribution in [0.2, 0.25) is 0 Å². The summed E-state index contributed by atoms with van der Waals surface area (Å²) in [4.78, 5) is 14.5. The molecule has 0 fully saturated rings. The van der Waals surface area contributed by atoms with Gasteiger partial charge in [-0.15, -0.1) is 0 Å². The Morgan fingerprint density at radius 3 is 2.48 bits per heavy atom. The number of hydrogen-bond donors (Lipinski definition) is 1. The molecule has 0 saturated carbocycles. The standard InChI is InChI=1S/C20H21N3O2/c1-22(2)11-12-23-20(25)19-10-7-16(13-17(19)14-21-23)4-3-15-5-8-18(24)9-6-15/h3-10,13-14,24H,11-12H2,1-2H3/b4-3+. The Labute approximate surface area is 146 Å². The van der Waals surface area contributed by atoms with Crippen molar-refractivity contribution in [3.8, 4) is 5.75 Å². The first-order chi connectivity index (χ1) is 12.0. The number of nitrogens with zero attached hydrogens (tertiary/aromatic N) is 3. The Hall–Kier alpha value is -2.92. The third kappa shape index (κ3) is 4.14. The minimum Gasteiger partial charge on any atom is -0.508 e. The van der Waals surface area contributed by atoms with Crippen molar-refractivity contribution in [2.24, 2.45) is 0 Å². The van der Waals surface area contributed by atoms with Gasteiger partial charge in [0.1, 0.15) is 5.75 Å². The summed E-state index contributed by atoms with van der Waals surface area (Å²) in [7, 11) is 3.94. The summed E-state index contributed by atoms with van der Waals surface area (Å²) in [5.41, 5.74) is 1.93. The SMILES string of the molecule is CN(C)CCn1ncc2cc(/C=C/c3ccc(O)cc3)ccc2c1=O. The van der Waals surface area contributed by atoms with Crippen molar-refractivity contribution in [2.75, 3.05) is 20.6 Å². The van der Waals surface area contributed by atoms with Crippen molar-refractivity contribution in [2.45, 2.75) is 6.54 Å². The molecular weight excluding hydrogens is 314 g/mol. The maximum absolute atomic E-state index is 12.5. The van der Waals surface area contributed by atoms with E-state index >= 15 is 0 Å². The van der Waals surface area contributed by atoms with E-state index in [-0.39, 0.29) is 11.3 Å². The molecule has 0 aliphatic rings. The van der Waals surface area contributed by atoms with Crippen LogP contribution in [-0.2, 0) is 6.54 Å². The molecule has 128 valence electrons. The number of phenols is 1. The molecule has 0 bridgehead atoms. The van der Waals surface area contributed by atoms with Crippen molar-refractivity contribution in [1.29, 1.82) is 0 Å². The molecule has 0 radical (unpaired) electrons. The second kappa shape index (κ2) is 7.32. The molecule has 0 aliphatic heterocycles. The second-order valence-corrected chi connectivity index (χ2v) is 6.25. The fourth-order valence-corrected chi connectivity index (χ4v) is 2.54. The number of aromatic hydroxyl groups is 1. The van der Waals surface area contributed by atoms with Crippen LogP contribution in [0.4, 0.5) is 0 Å². The molecule has 1 aromatic heterocycles. The molecule has 1 heterocycles. The second-order valence-electron chi connectivity index (χ2n) is 6.25. The van der Waals surface area contributed by atoms with E-state index < -0.39 is 0 Å². The molecule has 3 aromatic rings. The van der Waals surface area contributed by atoms with E-state index in [9.17, 15) is 9.90 Å². The Morgan fingerprint density at radius 2 is 1.76 bits per heavy atom. The molecule has 0 atom stereocenters. The zero-order chi connectivity index (χ0) is 17.8. The lowest BCUT2D eigenvalue weighted by molar-refractivity contribution is 0.368. The van der Waals surface area contributed by atoms with Crippen molar-refractivity contribution < 1.29 is 5.11 Å². The van der Waals surface area contributed by atoms with Crippen LogP contribution in [0.1, 0.15) is 11.1 Å². The summed E-state index contributed by atoms with van der Waals surface area (Å²) < 4.78 is 1.51. The average molecular weight is 335 g/mol. The Morgan fingerprint density at radius 1 is 1.08 bits per heavy atom. The fourth-order valence-electron chi connectivity index (χ4n) is 2.54. The van der Waals surface area contributed by atoms with Crippen LogP contribution in [0.25, 0.3) is 22.9 Å². The van der Waals surface area contributed by atoms with Crippen LogP contribution >= 0.6 is 0 Å². The topological polar surface area (TPSA) is 58.4 Å². The molecule has 0 spiro atoms. The van der Waals surface area contributed by atoms with Crippen molar-refractivity contribution in [1.82, 2.24) is 14.7 Å². The van der Waals surface area contributed by atoms with Crippen LogP contribution in [0.15, 0.2) is 53.5 Å². The van der Waals surface area contributed by atoms with E-state index in [1.54, 1.807) is 18.3 Å². The predicted octanol–water partition coefficient (Wildman–Crippen LogP) is 2.83. The molecule has 0 amide bonds. The minimum atomic E-state index is -0.0617. The molecule has 5 heteroatoms. The van der Waals surface area contributed by atoms with Gasteiger partial charge in [-0.05, 0) is 49.5 Å². The van der Waals surface area contributed by atoms with E-state index in [0.29, 0.717) is 11.9 Å². The van der Waals surface area contributed by atoms with Gasteiger partial charge in [-0.2, -0.15) is 5.10 Å². The van der Waals surface area contributed by atoms with Crippen LogP contribution in [0, 0.1) is 0 Å². The van der Waals surface area contributed by atoms with Gasteiger partial charge in [-0.3, -0.25) is 4.79 Å². The highest BCUT2D eigenvalue weighted by Crippen LogP contribution is 2.16. The Kier molecular flexibility index (Phi) is 4.95. The summed E-state index contributed by atoms with van der Waals surface area (Å²) >= 11 is 0. The first kappa shape index (κ1) is 16.9. The van der Waals surface area contributed by atoms with E-state index in [1.165, 1.54) is 4.68 Å². The van der Waals surface area contributed by atoms with Crippen LogP contribution in [-0.4, -0.2) is 40.4 Å². The monoisotopic (exact) mass is 335 g/mol. The lowest BCUT2D eigenvalue weighted by Gasteiger charge is -2.10. The third-order valence-corrected chi connectivity index (χ3v) is 4.00. The summed E-state index contributed by atoms with van der Waals surface area (Å²) in [6.07, 6.45) is 5.68. The number of hydrogen-bond acceptors (Lipinski definition) is 4. The van der Waals surface area contributed by atoms with Gasteiger partial charge in [0.25, 0.3) is 5.56 Å². The zero-order valence-electron chi connectivity index (χ0n) is 14.4. The molecule has 0 saturated heterocycles. The van der Waals surface area contributed by atoms with Crippen LogP contribution < -0.4 is 5.56 Å². The molecular formula is C20H21N3O2. The maximum Gasteiger partial charge on any atom is 0.274 e. The van der Waals surface area contributed by atoms with Gasteiger partial charge >= 0.3 is 0 Å². The highest BCUT2D eigenvalue weighted by atomic mass is 16.3. The van der Waals surface area contributed by atoms with Gasteiger partial charge in [0.2, 0.25) is 0 Å². The smallest absolute Gasteiger partial charge is 0.274 e. The molecule has 2 aromatic carbocycles. The molecule has 3 rings (SSSR count). The predicted molar refractivity (Wildman–Crippen MR) is 102 cm³/mol. The van der Waals surface area contributed by atoms with E-state index in [2.05, 4.69) is 5.10 Å². The summed E-state index contributed by atoms with van der Waals surface area (Å²) in [6.45, 7) is 1.34. The number of aromatic nitrogens is 2. The molecule has 1 N–H and O–H groups in total. The minimum absolute atomic E-state index is 0.0617. The lowest BCUT2D eigenvalue weighted by Crippen LogP contribution is -2.28. The number of benzene rings is 2. The summed E-state index contributed by atoms with van der Waals surface area (Å²) in [5.74, 6) is 0.250. The fraction of sp³-hybridized carbons (Fsp3) is 0.200. The number of fused-ring (bicyclic) bond motifs is 1. The lowest BCUT2D eigenvalue weighted by atomic mass is 10.1. The van der Waals surface area contributed by atoms with Crippen molar-refractivity contribution in [3.05, 3.63) is 70.1 Å². The first-order valence-corrected chi connectivity index (χ1v) is 8.15. The number of rotatable bonds is 5. The van der Waals surface area contributed by atoms with E-state index in [0.717, 1.165) is 23.1 Å². The first-order valence-electron chi connectivity index (χ1n) is 8.15. The Bertz CT molecular complexity index is 957. The van der Waals surface area contributed by atoms with Crippen LogP contribution in [0.5, 0.6) is 5.75 Å². The largest absolute Gasteiger partial charge is 0.508 e. The highest BCUT2D eigenvalue weighted by molar-refractivity contribution is 5.84. The number of likely N-dealkylation sites (N-methyl/N-ethyl adjacent to an activating group) is 1. The van der Waals surface area contributed by atoms with Crippen molar-refractivity contribution in [3.63, 3.8) is 0 Å². The van der Waals surface area contributed by atoms with Gasteiger partial charge in [-0.1, -0.05) is 30.4 Å². The van der Waals surface area contributed by atoms with Crippen LogP contribution in [0.3, 0.4) is 0 Å². The van der Waals surface area contributed by atoms with Crippen molar-refractivity contribution >= 4 is 22.9 Å². The quantitative estimate of drug-likeness (QED) is 0.729. The summed E-state index contributed by atoms with van der Waals surface area (Å²) in [5, 5.41) is 15.1. The van der Waals surface area contributed by atoms with E-state index in [4.69, 9.17) is 0 Å². The average Bonchev–Trinajstić information content (AvgIpc) is 2.60. The van der Waals surface area contributed by atoms with Gasteiger partial charge in [0, 0.05) is 11.9 Å². The van der Waals surface area contributed by atoms with Gasteiger partial charge in [0.05, 0.1) is 18.1 Å². The molecule has 25 heavy (non-hydrogen) atoms.